The Morgan fingerprint density at radius 2 is 2.48 bits per heavy atom. The van der Waals surface area contributed by atoms with E-state index in [0.717, 1.165) is 36.9 Å². The Kier molecular flexibility index (Phi) is 5.76. The van der Waals surface area contributed by atoms with E-state index in [2.05, 4.69) is 17.3 Å². The van der Waals surface area contributed by atoms with Gasteiger partial charge in [-0.25, -0.2) is 0 Å². The lowest BCUT2D eigenvalue weighted by atomic mass is 9.92. The molecule has 1 heterocycles. The highest BCUT2D eigenvalue weighted by Crippen LogP contribution is 2.29. The summed E-state index contributed by atoms with van der Waals surface area (Å²) < 4.78 is 1.85. The van der Waals surface area contributed by atoms with E-state index in [1.54, 1.807) is 0 Å². The van der Waals surface area contributed by atoms with Gasteiger partial charge in [-0.3, -0.25) is 9.48 Å². The molecule has 2 atom stereocenters. The van der Waals surface area contributed by atoms with Crippen molar-refractivity contribution in [3.8, 4) is 0 Å². The molecule has 6 nitrogen and oxygen atoms in total. The summed E-state index contributed by atoms with van der Waals surface area (Å²) in [5, 5.41) is 16.5. The zero-order chi connectivity index (χ0) is 15.2. The molecule has 6 heteroatoms. The van der Waals surface area contributed by atoms with Gasteiger partial charge in [0.25, 0.3) is 0 Å². The standard InChI is InChI=1S/C15H26N4O2/c1-11(9-16)5-6-15(21)18-13-3-2-4-14-12(13)10-17-19(14)7-8-20/h10-11,13,20H,2-9,16H2,1H3,(H,18,21). The summed E-state index contributed by atoms with van der Waals surface area (Å²) in [6.07, 6.45) is 6.13. The van der Waals surface area contributed by atoms with Crippen LogP contribution in [0.3, 0.4) is 0 Å². The Hall–Kier alpha value is -1.40. The Morgan fingerprint density at radius 1 is 1.67 bits per heavy atom. The number of nitrogens with zero attached hydrogens (tertiary/aromatic N) is 2. The van der Waals surface area contributed by atoms with E-state index in [9.17, 15) is 4.79 Å². The molecule has 0 saturated heterocycles. The van der Waals surface area contributed by atoms with E-state index in [-0.39, 0.29) is 18.6 Å². The van der Waals surface area contributed by atoms with Gasteiger partial charge < -0.3 is 16.2 Å². The van der Waals surface area contributed by atoms with Crippen LogP contribution in [-0.2, 0) is 17.8 Å². The van der Waals surface area contributed by atoms with E-state index >= 15 is 0 Å². The Balaban J connectivity index is 1.95. The predicted molar refractivity (Wildman–Crippen MR) is 80.6 cm³/mol. The lowest BCUT2D eigenvalue weighted by Gasteiger charge is -2.24. The van der Waals surface area contributed by atoms with Gasteiger partial charge in [-0.2, -0.15) is 5.10 Å². The molecular formula is C15H26N4O2. The molecule has 0 fully saturated rings. The molecule has 0 saturated carbocycles. The molecule has 118 valence electrons. The second-order valence-electron chi connectivity index (χ2n) is 5.89. The molecule has 1 aromatic heterocycles. The molecule has 1 aliphatic rings. The smallest absolute Gasteiger partial charge is 0.220 e. The number of carbonyl (C=O) groups excluding carboxylic acids is 1. The summed E-state index contributed by atoms with van der Waals surface area (Å²) in [6, 6.07) is 0.0573. The van der Waals surface area contributed by atoms with Crippen molar-refractivity contribution in [3.05, 3.63) is 17.5 Å². The number of nitrogens with one attached hydrogen (secondary N) is 1. The fourth-order valence-electron chi connectivity index (χ4n) is 2.82. The summed E-state index contributed by atoms with van der Waals surface area (Å²) in [7, 11) is 0. The lowest BCUT2D eigenvalue weighted by Crippen LogP contribution is -2.31. The van der Waals surface area contributed by atoms with Crippen LogP contribution < -0.4 is 11.1 Å². The number of aliphatic hydroxyl groups is 1. The fourth-order valence-corrected chi connectivity index (χ4v) is 2.82. The first-order valence-corrected chi connectivity index (χ1v) is 7.80. The second-order valence-corrected chi connectivity index (χ2v) is 5.89. The maximum atomic E-state index is 12.1. The van der Waals surface area contributed by atoms with Crippen LogP contribution >= 0.6 is 0 Å². The average Bonchev–Trinajstić information content (AvgIpc) is 2.89. The highest BCUT2D eigenvalue weighted by Gasteiger charge is 2.25. The highest BCUT2D eigenvalue weighted by molar-refractivity contribution is 5.76. The maximum Gasteiger partial charge on any atom is 0.220 e. The number of rotatable bonds is 7. The van der Waals surface area contributed by atoms with Gasteiger partial charge in [-0.15, -0.1) is 0 Å². The fraction of sp³-hybridized carbons (Fsp3) is 0.733. The molecule has 1 amide bonds. The van der Waals surface area contributed by atoms with E-state index in [0.29, 0.717) is 25.4 Å². The molecular weight excluding hydrogens is 268 g/mol. The number of hydrogen-bond acceptors (Lipinski definition) is 4. The third-order valence-electron chi connectivity index (χ3n) is 4.18. The quantitative estimate of drug-likeness (QED) is 0.691. The Labute approximate surface area is 125 Å². The van der Waals surface area contributed by atoms with Crippen molar-refractivity contribution in [2.24, 2.45) is 11.7 Å². The molecule has 1 aliphatic carbocycles. The Morgan fingerprint density at radius 3 is 3.19 bits per heavy atom. The summed E-state index contributed by atoms with van der Waals surface area (Å²) in [6.45, 7) is 3.28. The van der Waals surface area contributed by atoms with E-state index in [1.165, 1.54) is 0 Å². The molecule has 2 rings (SSSR count). The molecule has 0 aromatic carbocycles. The van der Waals surface area contributed by atoms with Crippen molar-refractivity contribution in [1.29, 1.82) is 0 Å². The van der Waals surface area contributed by atoms with Crippen molar-refractivity contribution < 1.29 is 9.90 Å². The highest BCUT2D eigenvalue weighted by atomic mass is 16.3. The first-order chi connectivity index (χ1) is 10.2. The second kappa shape index (κ2) is 7.56. The largest absolute Gasteiger partial charge is 0.394 e. The van der Waals surface area contributed by atoms with Crippen molar-refractivity contribution in [3.63, 3.8) is 0 Å². The van der Waals surface area contributed by atoms with E-state index in [1.807, 2.05) is 10.9 Å². The van der Waals surface area contributed by atoms with Gasteiger partial charge in [-0.05, 0) is 38.1 Å². The number of fused-ring (bicyclic) bond motifs is 1. The minimum atomic E-state index is 0.0573. The zero-order valence-electron chi connectivity index (χ0n) is 12.7. The van der Waals surface area contributed by atoms with Crippen LogP contribution in [0.25, 0.3) is 0 Å². The first-order valence-electron chi connectivity index (χ1n) is 7.80. The van der Waals surface area contributed by atoms with Crippen LogP contribution in [0.4, 0.5) is 0 Å². The summed E-state index contributed by atoms with van der Waals surface area (Å²) in [5.41, 5.74) is 7.83. The number of hydrogen-bond donors (Lipinski definition) is 3. The normalized spacial score (nSPS) is 19.1. The summed E-state index contributed by atoms with van der Waals surface area (Å²) >= 11 is 0. The molecule has 21 heavy (non-hydrogen) atoms. The number of aromatic nitrogens is 2. The average molecular weight is 294 g/mol. The number of carbonyl (C=O) groups is 1. The van der Waals surface area contributed by atoms with Crippen molar-refractivity contribution >= 4 is 5.91 Å². The summed E-state index contributed by atoms with van der Waals surface area (Å²) in [5.74, 6) is 0.466. The number of nitrogens with two attached hydrogens (primary N) is 1. The topological polar surface area (TPSA) is 93.2 Å². The van der Waals surface area contributed by atoms with Crippen LogP contribution in [0.1, 0.15) is 49.9 Å². The third kappa shape index (κ3) is 4.04. The maximum absolute atomic E-state index is 12.1. The number of amides is 1. The van der Waals surface area contributed by atoms with Crippen LogP contribution in [0.5, 0.6) is 0 Å². The van der Waals surface area contributed by atoms with Gasteiger partial charge in [0.2, 0.25) is 5.91 Å². The summed E-state index contributed by atoms with van der Waals surface area (Å²) in [4.78, 5) is 12.1. The molecule has 4 N–H and O–H groups in total. The monoisotopic (exact) mass is 294 g/mol. The van der Waals surface area contributed by atoms with Gasteiger partial charge >= 0.3 is 0 Å². The number of aliphatic hydroxyl groups excluding tert-OH is 1. The van der Waals surface area contributed by atoms with Crippen molar-refractivity contribution in [1.82, 2.24) is 15.1 Å². The lowest BCUT2D eigenvalue weighted by molar-refractivity contribution is -0.122. The minimum absolute atomic E-state index is 0.0573. The zero-order valence-corrected chi connectivity index (χ0v) is 12.7. The van der Waals surface area contributed by atoms with E-state index in [4.69, 9.17) is 10.8 Å². The van der Waals surface area contributed by atoms with Crippen LogP contribution in [0.2, 0.25) is 0 Å². The van der Waals surface area contributed by atoms with Gasteiger partial charge in [0, 0.05) is 17.7 Å². The third-order valence-corrected chi connectivity index (χ3v) is 4.18. The van der Waals surface area contributed by atoms with Gasteiger partial charge in [0.15, 0.2) is 0 Å². The minimum Gasteiger partial charge on any atom is -0.394 e. The predicted octanol–water partition coefficient (Wildman–Crippen LogP) is 0.744. The van der Waals surface area contributed by atoms with Gasteiger partial charge in [0.1, 0.15) is 0 Å². The molecule has 0 aliphatic heterocycles. The van der Waals surface area contributed by atoms with Gasteiger partial charge in [0.05, 0.1) is 25.4 Å². The molecule has 2 unspecified atom stereocenters. The molecule has 0 radical (unpaired) electrons. The Bertz CT molecular complexity index is 472. The van der Waals surface area contributed by atoms with Gasteiger partial charge in [-0.1, -0.05) is 6.92 Å². The van der Waals surface area contributed by atoms with Crippen molar-refractivity contribution in [2.75, 3.05) is 13.2 Å². The molecule has 0 bridgehead atoms. The van der Waals surface area contributed by atoms with Crippen LogP contribution in [0, 0.1) is 5.92 Å². The van der Waals surface area contributed by atoms with E-state index < -0.39 is 0 Å². The molecule has 0 spiro atoms. The first kappa shape index (κ1) is 16.0. The van der Waals surface area contributed by atoms with Crippen LogP contribution in [-0.4, -0.2) is 33.9 Å². The molecule has 1 aromatic rings. The van der Waals surface area contributed by atoms with Crippen LogP contribution in [0.15, 0.2) is 6.20 Å². The SMILES string of the molecule is CC(CN)CCC(=O)NC1CCCc2c1cnn2CCO. The van der Waals surface area contributed by atoms with Crippen molar-refractivity contribution in [2.45, 2.75) is 51.6 Å².